The van der Waals surface area contributed by atoms with Crippen LogP contribution >= 0.6 is 0 Å². The van der Waals surface area contributed by atoms with E-state index in [-0.39, 0.29) is 51.7 Å². The molecule has 0 aliphatic carbocycles. The molecule has 0 saturated carbocycles. The second-order valence-corrected chi connectivity index (χ2v) is 12.2. The summed E-state index contributed by atoms with van der Waals surface area (Å²) < 4.78 is 21.5. The zero-order valence-electron chi connectivity index (χ0n) is 28.7. The summed E-state index contributed by atoms with van der Waals surface area (Å²) in [4.78, 5) is 49.3. The van der Waals surface area contributed by atoms with Gasteiger partial charge in [0.15, 0.2) is 0 Å². The number of rotatable bonds is 29. The molecule has 0 saturated heterocycles. The Balaban J connectivity index is 5.23. The molecule has 0 rings (SSSR count). The van der Waals surface area contributed by atoms with Gasteiger partial charge in [0.25, 0.3) is 0 Å². The van der Waals surface area contributed by atoms with Gasteiger partial charge in [0.05, 0.1) is 44.2 Å². The smallest absolute Gasteiger partial charge is 0.309 e. The molecule has 0 heterocycles. The van der Waals surface area contributed by atoms with Crippen molar-refractivity contribution in [1.82, 2.24) is 0 Å². The first-order valence-electron chi connectivity index (χ1n) is 17.3. The number of unbranched alkanes of at least 4 members (excludes halogenated alkanes) is 6. The summed E-state index contributed by atoms with van der Waals surface area (Å²) in [5, 5.41) is 40.1. The molecule has 0 aromatic rings. The van der Waals surface area contributed by atoms with Crippen molar-refractivity contribution in [1.29, 1.82) is 0 Å². The van der Waals surface area contributed by atoms with E-state index in [0.717, 1.165) is 57.8 Å². The molecular formula is C34H62O12. The lowest BCUT2D eigenvalue weighted by molar-refractivity contribution is -0.159. The Morgan fingerprint density at radius 2 is 1.02 bits per heavy atom. The third kappa shape index (κ3) is 24.9. The molecule has 46 heavy (non-hydrogen) atoms. The van der Waals surface area contributed by atoms with Crippen molar-refractivity contribution in [2.24, 2.45) is 0 Å². The Morgan fingerprint density at radius 3 is 1.50 bits per heavy atom. The van der Waals surface area contributed by atoms with Crippen LogP contribution in [0.2, 0.25) is 0 Å². The number of carbonyl (C=O) groups excluding carboxylic acids is 4. The van der Waals surface area contributed by atoms with E-state index >= 15 is 0 Å². The lowest BCUT2D eigenvalue weighted by atomic mass is 10.0. The number of carbonyl (C=O) groups is 4. The number of ether oxygens (including phenoxy) is 4. The molecule has 0 bridgehead atoms. The Morgan fingerprint density at radius 1 is 0.543 bits per heavy atom. The average molecular weight is 663 g/mol. The molecule has 0 radical (unpaired) electrons. The second-order valence-electron chi connectivity index (χ2n) is 12.2. The van der Waals surface area contributed by atoms with Gasteiger partial charge in [-0.3, -0.25) is 19.2 Å². The molecular weight excluding hydrogens is 600 g/mol. The van der Waals surface area contributed by atoms with Crippen LogP contribution in [0, 0.1) is 0 Å². The van der Waals surface area contributed by atoms with Crippen LogP contribution < -0.4 is 0 Å². The van der Waals surface area contributed by atoms with Crippen molar-refractivity contribution in [2.45, 2.75) is 180 Å². The van der Waals surface area contributed by atoms with Crippen LogP contribution in [0.3, 0.4) is 0 Å². The average Bonchev–Trinajstić information content (AvgIpc) is 2.95. The van der Waals surface area contributed by atoms with Crippen LogP contribution in [-0.4, -0.2) is 94.1 Å². The standard InChI is InChI=1S/C34H62O12/c1-5-8-11-14-26(37)19-27(38)21-33(41)45-29(15-12-9-6-2)20-28(39)22-34(42)46-30(16-13-10-7-3)23-31(44-25(4)36)24-32(40)43-18-17-35/h26-31,35,37-39H,5-24H2,1-4H3. The van der Waals surface area contributed by atoms with Gasteiger partial charge in [-0.25, -0.2) is 0 Å². The van der Waals surface area contributed by atoms with Gasteiger partial charge >= 0.3 is 23.9 Å². The quantitative estimate of drug-likeness (QED) is 0.0502. The van der Waals surface area contributed by atoms with E-state index in [9.17, 15) is 34.5 Å². The highest BCUT2D eigenvalue weighted by molar-refractivity contribution is 5.72. The highest BCUT2D eigenvalue weighted by atomic mass is 16.6. The van der Waals surface area contributed by atoms with Crippen molar-refractivity contribution in [3.8, 4) is 0 Å². The van der Waals surface area contributed by atoms with E-state index in [1.165, 1.54) is 6.92 Å². The Hall–Kier alpha value is -2.28. The molecule has 270 valence electrons. The van der Waals surface area contributed by atoms with E-state index in [4.69, 9.17) is 24.1 Å². The molecule has 6 unspecified atom stereocenters. The van der Waals surface area contributed by atoms with E-state index in [0.29, 0.717) is 19.3 Å². The zero-order valence-corrected chi connectivity index (χ0v) is 28.7. The van der Waals surface area contributed by atoms with Crippen molar-refractivity contribution in [3.63, 3.8) is 0 Å². The molecule has 6 atom stereocenters. The largest absolute Gasteiger partial charge is 0.463 e. The Kier molecular flexibility index (Phi) is 26.4. The topological polar surface area (TPSA) is 186 Å². The SMILES string of the molecule is CCCCCC(O)CC(O)CC(=O)OC(CCCCC)CC(O)CC(=O)OC(CCCCC)CC(CC(=O)OCCO)OC(C)=O. The Labute approximate surface area is 275 Å². The van der Waals surface area contributed by atoms with E-state index in [1.807, 2.05) is 13.8 Å². The fourth-order valence-corrected chi connectivity index (χ4v) is 5.18. The molecule has 4 N–H and O–H groups in total. The summed E-state index contributed by atoms with van der Waals surface area (Å²) in [6, 6.07) is 0. The molecule has 0 spiro atoms. The number of hydrogen-bond donors (Lipinski definition) is 4. The monoisotopic (exact) mass is 662 g/mol. The normalized spacial score (nSPS) is 15.2. The van der Waals surface area contributed by atoms with Gasteiger partial charge in [-0.2, -0.15) is 0 Å². The summed E-state index contributed by atoms with van der Waals surface area (Å²) in [5.41, 5.74) is 0. The minimum atomic E-state index is -1.16. The van der Waals surface area contributed by atoms with Gasteiger partial charge in [-0.1, -0.05) is 65.7 Å². The second kappa shape index (κ2) is 27.8. The van der Waals surface area contributed by atoms with Gasteiger partial charge < -0.3 is 39.4 Å². The van der Waals surface area contributed by atoms with Crippen LogP contribution in [-0.2, 0) is 38.1 Å². The first-order chi connectivity index (χ1) is 21.9. The van der Waals surface area contributed by atoms with Crippen LogP contribution in [0.4, 0.5) is 0 Å². The van der Waals surface area contributed by atoms with E-state index < -0.39 is 60.5 Å². The molecule has 12 nitrogen and oxygen atoms in total. The van der Waals surface area contributed by atoms with E-state index in [1.54, 1.807) is 0 Å². The van der Waals surface area contributed by atoms with Crippen LogP contribution in [0.15, 0.2) is 0 Å². The molecule has 0 aromatic heterocycles. The van der Waals surface area contributed by atoms with Crippen LogP contribution in [0.5, 0.6) is 0 Å². The predicted molar refractivity (Wildman–Crippen MR) is 172 cm³/mol. The van der Waals surface area contributed by atoms with Crippen molar-refractivity contribution >= 4 is 23.9 Å². The summed E-state index contributed by atoms with van der Waals surface area (Å²) in [7, 11) is 0. The third-order valence-electron chi connectivity index (χ3n) is 7.49. The number of hydrogen-bond acceptors (Lipinski definition) is 12. The van der Waals surface area contributed by atoms with Crippen molar-refractivity contribution < 1.29 is 58.6 Å². The lowest BCUT2D eigenvalue weighted by Gasteiger charge is -2.25. The van der Waals surface area contributed by atoms with Gasteiger partial charge in [0, 0.05) is 19.8 Å². The molecule has 0 aliphatic heterocycles. The lowest BCUT2D eigenvalue weighted by Crippen LogP contribution is -2.31. The summed E-state index contributed by atoms with van der Waals surface area (Å²) in [6.45, 7) is 6.81. The van der Waals surface area contributed by atoms with Gasteiger partial charge in [-0.05, 0) is 38.5 Å². The Bertz CT molecular complexity index is 820. The summed E-state index contributed by atoms with van der Waals surface area (Å²) in [6.07, 6.45) is 3.60. The number of aliphatic hydroxyl groups excluding tert-OH is 4. The van der Waals surface area contributed by atoms with Gasteiger partial charge in [0.2, 0.25) is 0 Å². The summed E-state index contributed by atoms with van der Waals surface area (Å²) in [5.74, 6) is -2.57. The molecule has 0 amide bonds. The van der Waals surface area contributed by atoms with Crippen LogP contribution in [0.1, 0.15) is 143 Å². The van der Waals surface area contributed by atoms with Gasteiger partial charge in [0.1, 0.15) is 24.9 Å². The van der Waals surface area contributed by atoms with Crippen molar-refractivity contribution in [2.75, 3.05) is 13.2 Å². The first-order valence-corrected chi connectivity index (χ1v) is 17.3. The minimum absolute atomic E-state index is 0.00750. The zero-order chi connectivity index (χ0) is 34.7. The molecule has 0 aliphatic rings. The maximum Gasteiger partial charge on any atom is 0.309 e. The maximum atomic E-state index is 12.9. The third-order valence-corrected chi connectivity index (χ3v) is 7.49. The number of esters is 4. The van der Waals surface area contributed by atoms with Crippen molar-refractivity contribution in [3.05, 3.63) is 0 Å². The fraction of sp³-hybridized carbons (Fsp3) is 0.882. The molecule has 0 fully saturated rings. The van der Waals surface area contributed by atoms with E-state index in [2.05, 4.69) is 6.92 Å². The highest BCUT2D eigenvalue weighted by Gasteiger charge is 2.27. The summed E-state index contributed by atoms with van der Waals surface area (Å²) >= 11 is 0. The molecule has 0 aromatic carbocycles. The van der Waals surface area contributed by atoms with Crippen LogP contribution in [0.25, 0.3) is 0 Å². The highest BCUT2D eigenvalue weighted by Crippen LogP contribution is 2.21. The fourth-order valence-electron chi connectivity index (χ4n) is 5.18. The number of aliphatic hydroxyl groups is 4. The molecule has 12 heteroatoms. The first kappa shape index (κ1) is 43.7. The predicted octanol–water partition coefficient (Wildman–Crippen LogP) is 4.44. The minimum Gasteiger partial charge on any atom is -0.463 e. The van der Waals surface area contributed by atoms with Gasteiger partial charge in [-0.15, -0.1) is 0 Å². The maximum absolute atomic E-state index is 12.9.